The summed E-state index contributed by atoms with van der Waals surface area (Å²) in [5.41, 5.74) is -3.35. The Morgan fingerprint density at radius 1 is 0.966 bits per heavy atom. The number of nitrogens with one attached hydrogen (secondary N) is 1. The number of benzene rings is 1. The lowest BCUT2D eigenvalue weighted by Gasteiger charge is -2.53. The predicted octanol–water partition coefficient (Wildman–Crippen LogP) is 0.177. The number of likely N-dealkylation sites (N-methyl/N-ethyl adjacent to an activating group) is 1. The minimum absolute atomic E-state index is 0.0127. The highest BCUT2D eigenvalue weighted by atomic mass is 16.6. The van der Waals surface area contributed by atoms with Crippen LogP contribution in [-0.2, 0) is 9.59 Å². The van der Waals surface area contributed by atoms with E-state index in [0.717, 1.165) is 0 Å². The Morgan fingerprint density at radius 2 is 1.52 bits per heavy atom. The van der Waals surface area contributed by atoms with Crippen molar-refractivity contribution in [2.75, 3.05) is 20.2 Å². The van der Waals surface area contributed by atoms with Gasteiger partial charge in [-0.2, -0.15) is 0 Å². The van der Waals surface area contributed by atoms with Crippen LogP contribution < -0.4 is 25.0 Å². The molecule has 8 nitrogen and oxygen atoms in total. The molecule has 0 aromatic heterocycles. The van der Waals surface area contributed by atoms with Crippen molar-refractivity contribution in [1.29, 1.82) is 0 Å². The molecule has 0 fully saturated rings. The lowest BCUT2D eigenvalue weighted by molar-refractivity contribution is -0.337. The van der Waals surface area contributed by atoms with Gasteiger partial charge in [0.15, 0.2) is 22.9 Å². The first kappa shape index (κ1) is 24.4. The molecule has 0 radical (unpaired) electrons. The van der Waals surface area contributed by atoms with Crippen LogP contribution in [0.2, 0.25) is 0 Å². The van der Waals surface area contributed by atoms with E-state index in [9.17, 15) is 24.6 Å². The van der Waals surface area contributed by atoms with Crippen LogP contribution in [0.1, 0.15) is 51.9 Å². The van der Waals surface area contributed by atoms with Gasteiger partial charge in [0.25, 0.3) is 0 Å². The summed E-state index contributed by atoms with van der Waals surface area (Å²) in [6.07, 6.45) is 0. The molecule has 0 heterocycles. The quantitative estimate of drug-likeness (QED) is 0.574. The maximum atomic E-state index is 12.3. The van der Waals surface area contributed by atoms with Crippen molar-refractivity contribution >= 4 is 17.7 Å². The maximum absolute atomic E-state index is 12.3. The van der Waals surface area contributed by atoms with Crippen LogP contribution in [-0.4, -0.2) is 43.5 Å². The average Bonchev–Trinajstić information content (AvgIpc) is 2.55. The minimum Gasteiger partial charge on any atom is -0.546 e. The fourth-order valence-electron chi connectivity index (χ4n) is 3.53. The Kier molecular flexibility index (Phi) is 7.43. The highest BCUT2D eigenvalue weighted by Gasteiger charge is 2.55. The first-order valence-corrected chi connectivity index (χ1v) is 9.22. The van der Waals surface area contributed by atoms with Crippen LogP contribution in [0, 0.1) is 10.8 Å². The molecule has 0 saturated heterocycles. The number of carbonyl (C=O) groups is 3. The molecule has 162 valence electrons. The van der Waals surface area contributed by atoms with Crippen molar-refractivity contribution in [3.05, 3.63) is 23.8 Å². The zero-order valence-corrected chi connectivity index (χ0v) is 18.0. The van der Waals surface area contributed by atoms with E-state index in [1.54, 1.807) is 48.6 Å². The number of Topliss-reactive ketones (excluding diaryl/α,β-unsaturated/α-hetero) is 1. The van der Waals surface area contributed by atoms with Crippen molar-refractivity contribution in [2.24, 2.45) is 10.8 Å². The van der Waals surface area contributed by atoms with E-state index in [0.29, 0.717) is 0 Å². The zero-order valence-electron chi connectivity index (χ0n) is 18.0. The second-order valence-corrected chi connectivity index (χ2v) is 8.85. The molecule has 1 aromatic rings. The van der Waals surface area contributed by atoms with Gasteiger partial charge in [-0.3, -0.25) is 4.79 Å². The molecular weight excluding hydrogens is 378 g/mol. The summed E-state index contributed by atoms with van der Waals surface area (Å²) in [5.74, 6) is -3.23. The van der Waals surface area contributed by atoms with Gasteiger partial charge in [-0.15, -0.1) is 0 Å². The van der Waals surface area contributed by atoms with Crippen LogP contribution in [0.15, 0.2) is 18.2 Å². The monoisotopic (exact) mass is 407 g/mol. The fraction of sp³-hybridized carbons (Fsp3) is 0.571. The Bertz CT molecular complexity index is 758. The molecule has 0 aliphatic carbocycles. The molecule has 0 amide bonds. The third kappa shape index (κ3) is 5.26. The second kappa shape index (κ2) is 8.82. The molecule has 29 heavy (non-hydrogen) atoms. The third-order valence-corrected chi connectivity index (χ3v) is 4.61. The van der Waals surface area contributed by atoms with E-state index < -0.39 is 35.0 Å². The van der Waals surface area contributed by atoms with Crippen LogP contribution >= 0.6 is 0 Å². The highest BCUT2D eigenvalue weighted by Crippen LogP contribution is 2.48. The number of hydrogen-bond acceptors (Lipinski definition) is 8. The average molecular weight is 407 g/mol. The second-order valence-electron chi connectivity index (χ2n) is 8.85. The summed E-state index contributed by atoms with van der Waals surface area (Å²) in [6, 6.07) is 4.18. The van der Waals surface area contributed by atoms with Gasteiger partial charge in [0.1, 0.15) is 6.61 Å². The maximum Gasteiger partial charge on any atom is 0.176 e. The van der Waals surface area contributed by atoms with Gasteiger partial charge in [0.05, 0.1) is 18.5 Å². The van der Waals surface area contributed by atoms with Crippen molar-refractivity contribution in [3.63, 3.8) is 0 Å². The SMILES string of the molecule is CNCC(=O)c1ccc(OC(C(=O)[O-])(C(C)(C)C)C(C)(C)C)c(OCC(=O)[O-])c1. The van der Waals surface area contributed by atoms with Crippen LogP contribution in [0.25, 0.3) is 0 Å². The van der Waals surface area contributed by atoms with E-state index in [1.165, 1.54) is 18.2 Å². The van der Waals surface area contributed by atoms with Gasteiger partial charge in [-0.1, -0.05) is 41.5 Å². The molecule has 1 rings (SSSR count). The lowest BCUT2D eigenvalue weighted by Crippen LogP contribution is -2.67. The summed E-state index contributed by atoms with van der Waals surface area (Å²) in [7, 11) is 1.61. The Morgan fingerprint density at radius 3 is 1.93 bits per heavy atom. The molecule has 0 saturated carbocycles. The molecule has 0 aliphatic rings. The third-order valence-electron chi connectivity index (χ3n) is 4.61. The van der Waals surface area contributed by atoms with Crippen LogP contribution in [0.5, 0.6) is 11.5 Å². The minimum atomic E-state index is -1.80. The van der Waals surface area contributed by atoms with Crippen LogP contribution in [0.4, 0.5) is 0 Å². The molecule has 0 spiro atoms. The van der Waals surface area contributed by atoms with Gasteiger partial charge >= 0.3 is 0 Å². The van der Waals surface area contributed by atoms with Gasteiger partial charge in [-0.05, 0) is 25.2 Å². The molecule has 1 aromatic carbocycles. The largest absolute Gasteiger partial charge is 0.546 e. The first-order chi connectivity index (χ1) is 13.2. The molecule has 8 heteroatoms. The first-order valence-electron chi connectivity index (χ1n) is 9.22. The number of hydrogen-bond donors (Lipinski definition) is 1. The van der Waals surface area contributed by atoms with Crippen molar-refractivity contribution in [2.45, 2.75) is 47.1 Å². The molecular formula is C21H29NO7-2. The van der Waals surface area contributed by atoms with E-state index >= 15 is 0 Å². The fourth-order valence-corrected chi connectivity index (χ4v) is 3.53. The van der Waals surface area contributed by atoms with E-state index in [2.05, 4.69) is 5.32 Å². The number of ketones is 1. The van der Waals surface area contributed by atoms with Crippen LogP contribution in [0.3, 0.4) is 0 Å². The summed E-state index contributed by atoms with van der Waals surface area (Å²) in [5, 5.41) is 25.9. The number of carboxylic acids is 2. The van der Waals surface area contributed by atoms with E-state index in [1.807, 2.05) is 0 Å². The molecule has 0 bridgehead atoms. The van der Waals surface area contributed by atoms with Crippen molar-refractivity contribution < 1.29 is 34.1 Å². The predicted molar refractivity (Wildman–Crippen MR) is 102 cm³/mol. The van der Waals surface area contributed by atoms with Gasteiger partial charge in [0.2, 0.25) is 0 Å². The summed E-state index contributed by atoms with van der Waals surface area (Å²) < 4.78 is 11.3. The normalized spacial score (nSPS) is 12.4. The zero-order chi connectivity index (χ0) is 22.6. The standard InChI is InChI=1S/C21H31NO7/c1-19(2,3)21(18(26)27,20(4,5)6)29-15-9-8-13(14(23)11-22-7)10-16(15)28-12-17(24)25/h8-10,22H,11-12H2,1-7H3,(H,24,25)(H,26,27)/p-2. The lowest BCUT2D eigenvalue weighted by atomic mass is 9.62. The number of rotatable bonds is 9. The van der Waals surface area contributed by atoms with Crippen molar-refractivity contribution in [3.8, 4) is 11.5 Å². The van der Waals surface area contributed by atoms with Gasteiger partial charge in [0, 0.05) is 16.4 Å². The van der Waals surface area contributed by atoms with E-state index in [-0.39, 0.29) is 29.4 Å². The number of carbonyl (C=O) groups excluding carboxylic acids is 3. The summed E-state index contributed by atoms with van der Waals surface area (Å²) in [6.45, 7) is 9.53. The Hall–Kier alpha value is -2.61. The highest BCUT2D eigenvalue weighted by molar-refractivity contribution is 5.98. The molecule has 0 atom stereocenters. The van der Waals surface area contributed by atoms with E-state index in [4.69, 9.17) is 9.47 Å². The van der Waals surface area contributed by atoms with Gasteiger partial charge < -0.3 is 34.6 Å². The molecule has 0 unspecified atom stereocenters. The van der Waals surface area contributed by atoms with Gasteiger partial charge in [-0.25, -0.2) is 0 Å². The topological polar surface area (TPSA) is 128 Å². The number of carboxylic acid groups (broad SMARTS) is 2. The summed E-state index contributed by atoms with van der Waals surface area (Å²) in [4.78, 5) is 35.3. The molecule has 0 aliphatic heterocycles. The Balaban J connectivity index is 3.58. The molecule has 1 N–H and O–H groups in total. The smallest absolute Gasteiger partial charge is 0.176 e. The Labute approximate surface area is 171 Å². The van der Waals surface area contributed by atoms with Crippen molar-refractivity contribution in [1.82, 2.24) is 5.32 Å². The number of aliphatic carboxylic acids is 2. The summed E-state index contributed by atoms with van der Waals surface area (Å²) >= 11 is 0. The number of ether oxygens (including phenoxy) is 2.